The van der Waals surface area contributed by atoms with Gasteiger partial charge in [-0.3, -0.25) is 0 Å². The van der Waals surface area contributed by atoms with Crippen LogP contribution in [0, 0.1) is 11.6 Å². The molecule has 0 atom stereocenters. The number of nitrogens with zero attached hydrogens (tertiary/aromatic N) is 2. The lowest BCUT2D eigenvalue weighted by Crippen LogP contribution is -2.34. The molecule has 0 amide bonds. The molecule has 0 aliphatic carbocycles. The van der Waals surface area contributed by atoms with Gasteiger partial charge in [-0.1, -0.05) is 18.2 Å². The summed E-state index contributed by atoms with van der Waals surface area (Å²) in [5.41, 5.74) is -2.61. The number of rotatable bonds is 2. The van der Waals surface area contributed by atoms with E-state index in [2.05, 4.69) is 14.7 Å². The maximum absolute atomic E-state index is 14.1. The Labute approximate surface area is 118 Å². The van der Waals surface area contributed by atoms with E-state index in [-0.39, 0.29) is 0 Å². The van der Waals surface area contributed by atoms with Crippen molar-refractivity contribution in [3.05, 3.63) is 70.4 Å². The molecule has 1 heterocycles. The van der Waals surface area contributed by atoms with Crippen LogP contribution in [0.25, 0.3) is 0 Å². The lowest BCUT2D eigenvalue weighted by atomic mass is 9.99. The van der Waals surface area contributed by atoms with Gasteiger partial charge in [0.25, 0.3) is 5.66 Å². The molecule has 0 aromatic heterocycles. The molecule has 106 valence electrons. The predicted octanol–water partition coefficient (Wildman–Crippen LogP) is 1.24. The van der Waals surface area contributed by atoms with Crippen LogP contribution in [0.4, 0.5) is 8.78 Å². The SMILES string of the molecule is COC(=O)C1(c2c(F)cccc2F)N=c2ccccc2=N1. The zero-order chi connectivity index (χ0) is 15.0. The van der Waals surface area contributed by atoms with Gasteiger partial charge in [0.05, 0.1) is 23.4 Å². The molecule has 0 N–H and O–H groups in total. The maximum Gasteiger partial charge on any atom is 0.361 e. The number of methoxy groups -OCH3 is 1. The van der Waals surface area contributed by atoms with Gasteiger partial charge in [-0.15, -0.1) is 0 Å². The molecular weight excluding hydrogens is 278 g/mol. The quantitative estimate of drug-likeness (QED) is 0.781. The monoisotopic (exact) mass is 288 g/mol. The smallest absolute Gasteiger partial charge is 0.361 e. The third-order valence-corrected chi connectivity index (χ3v) is 3.23. The lowest BCUT2D eigenvalue weighted by Gasteiger charge is -2.21. The fourth-order valence-corrected chi connectivity index (χ4v) is 2.31. The van der Waals surface area contributed by atoms with Crippen molar-refractivity contribution in [2.45, 2.75) is 5.66 Å². The van der Waals surface area contributed by atoms with Gasteiger partial charge in [-0.05, 0) is 24.3 Å². The van der Waals surface area contributed by atoms with Gasteiger partial charge < -0.3 is 4.74 Å². The Morgan fingerprint density at radius 3 is 2.00 bits per heavy atom. The molecule has 4 nitrogen and oxygen atoms in total. The summed E-state index contributed by atoms with van der Waals surface area (Å²) >= 11 is 0. The highest BCUT2D eigenvalue weighted by Gasteiger charge is 2.47. The third kappa shape index (κ3) is 1.91. The zero-order valence-corrected chi connectivity index (χ0v) is 11.0. The molecule has 0 saturated carbocycles. The summed E-state index contributed by atoms with van der Waals surface area (Å²) in [5, 5.41) is 0.760. The molecule has 1 aliphatic heterocycles. The Balaban J connectivity index is 2.37. The average molecular weight is 288 g/mol. The molecule has 0 saturated heterocycles. The van der Waals surface area contributed by atoms with E-state index in [0.29, 0.717) is 10.7 Å². The molecule has 21 heavy (non-hydrogen) atoms. The van der Waals surface area contributed by atoms with Crippen molar-refractivity contribution in [1.29, 1.82) is 0 Å². The number of esters is 1. The van der Waals surface area contributed by atoms with Crippen LogP contribution < -0.4 is 10.7 Å². The molecule has 0 bridgehead atoms. The topological polar surface area (TPSA) is 51.0 Å². The number of halogens is 2. The fraction of sp³-hybridized carbons (Fsp3) is 0.133. The minimum absolute atomic E-state index is 0.380. The van der Waals surface area contributed by atoms with E-state index in [9.17, 15) is 13.6 Å². The first-order chi connectivity index (χ1) is 10.1. The van der Waals surface area contributed by atoms with Crippen molar-refractivity contribution >= 4 is 5.97 Å². The van der Waals surface area contributed by atoms with Crippen LogP contribution >= 0.6 is 0 Å². The van der Waals surface area contributed by atoms with Crippen LogP contribution in [0.3, 0.4) is 0 Å². The fourth-order valence-electron chi connectivity index (χ4n) is 2.31. The van der Waals surface area contributed by atoms with Crippen LogP contribution in [-0.4, -0.2) is 13.1 Å². The van der Waals surface area contributed by atoms with Gasteiger partial charge in [0, 0.05) is 0 Å². The van der Waals surface area contributed by atoms with E-state index in [1.165, 1.54) is 6.07 Å². The van der Waals surface area contributed by atoms with Crippen LogP contribution in [0.2, 0.25) is 0 Å². The van der Waals surface area contributed by atoms with Gasteiger partial charge >= 0.3 is 5.97 Å². The van der Waals surface area contributed by atoms with Gasteiger partial charge in [0.2, 0.25) is 0 Å². The molecule has 0 unspecified atom stereocenters. The third-order valence-electron chi connectivity index (χ3n) is 3.23. The number of hydrogen-bond donors (Lipinski definition) is 0. The molecule has 1 aliphatic rings. The van der Waals surface area contributed by atoms with Crippen molar-refractivity contribution in [2.75, 3.05) is 7.11 Å². The Hall–Kier alpha value is -2.63. The highest BCUT2D eigenvalue weighted by Crippen LogP contribution is 2.33. The van der Waals surface area contributed by atoms with Gasteiger partial charge in [0.15, 0.2) is 0 Å². The average Bonchev–Trinajstić information content (AvgIpc) is 2.86. The number of ether oxygens (including phenoxy) is 1. The van der Waals surface area contributed by atoms with E-state index in [4.69, 9.17) is 0 Å². The lowest BCUT2D eigenvalue weighted by molar-refractivity contribution is -0.147. The molecular formula is C15H10F2N2O2. The summed E-state index contributed by atoms with van der Waals surface area (Å²) in [4.78, 5) is 20.4. The maximum atomic E-state index is 14.1. The number of carbonyl (C=O) groups is 1. The minimum Gasteiger partial charge on any atom is -0.465 e. The summed E-state index contributed by atoms with van der Waals surface area (Å²) in [6.07, 6.45) is 0. The van der Waals surface area contributed by atoms with Crippen LogP contribution in [0.15, 0.2) is 52.4 Å². The van der Waals surface area contributed by atoms with Gasteiger partial charge in [-0.25, -0.2) is 23.6 Å². The summed E-state index contributed by atoms with van der Waals surface area (Å²) < 4.78 is 32.9. The minimum atomic E-state index is -2.08. The first kappa shape index (κ1) is 13.4. The molecule has 2 aromatic rings. The molecule has 0 spiro atoms. The predicted molar refractivity (Wildman–Crippen MR) is 68.8 cm³/mol. The van der Waals surface area contributed by atoms with Gasteiger partial charge in [-0.2, -0.15) is 0 Å². The molecule has 0 radical (unpaired) electrons. The first-order valence-corrected chi connectivity index (χ1v) is 6.16. The number of hydrogen-bond acceptors (Lipinski definition) is 4. The number of fused-ring (bicyclic) bond motifs is 1. The molecule has 3 rings (SSSR count). The highest BCUT2D eigenvalue weighted by molar-refractivity contribution is 5.83. The Bertz CT molecular complexity index is 794. The van der Waals surface area contributed by atoms with Crippen molar-refractivity contribution in [3.8, 4) is 0 Å². The van der Waals surface area contributed by atoms with Crippen molar-refractivity contribution in [3.63, 3.8) is 0 Å². The Morgan fingerprint density at radius 1 is 1.00 bits per heavy atom. The Morgan fingerprint density at radius 2 is 1.52 bits per heavy atom. The van der Waals surface area contributed by atoms with E-state index < -0.39 is 28.8 Å². The van der Waals surface area contributed by atoms with Crippen molar-refractivity contribution in [1.82, 2.24) is 0 Å². The molecule has 6 heteroatoms. The summed E-state index contributed by atoms with van der Waals surface area (Å²) in [5.74, 6) is -2.75. The second kappa shape index (κ2) is 4.73. The van der Waals surface area contributed by atoms with Crippen LogP contribution in [-0.2, 0) is 15.2 Å². The molecule has 0 fully saturated rings. The Kier molecular flexibility index (Phi) is 3.01. The van der Waals surface area contributed by atoms with Crippen LogP contribution in [0.1, 0.15) is 5.56 Å². The van der Waals surface area contributed by atoms with Crippen molar-refractivity contribution in [2.24, 2.45) is 9.98 Å². The molecule has 2 aromatic carbocycles. The highest BCUT2D eigenvalue weighted by atomic mass is 19.1. The normalized spacial score (nSPS) is 14.8. The largest absolute Gasteiger partial charge is 0.465 e. The van der Waals surface area contributed by atoms with E-state index in [0.717, 1.165) is 19.2 Å². The first-order valence-electron chi connectivity index (χ1n) is 6.16. The van der Waals surface area contributed by atoms with E-state index in [1.807, 2.05) is 0 Å². The summed E-state index contributed by atoms with van der Waals surface area (Å²) in [6, 6.07) is 9.94. The van der Waals surface area contributed by atoms with Crippen molar-refractivity contribution < 1.29 is 18.3 Å². The number of para-hydroxylation sites is 2. The standard InChI is InChI=1S/C15H10F2N2O2/c1-21-14(20)15(13-9(16)5-4-6-10(13)17)18-11-7-2-3-8-12(11)19-15/h2-8H,1H3. The summed E-state index contributed by atoms with van der Waals surface area (Å²) in [7, 11) is 1.12. The van der Waals surface area contributed by atoms with E-state index in [1.54, 1.807) is 24.3 Å². The second-order valence-corrected chi connectivity index (χ2v) is 4.47. The van der Waals surface area contributed by atoms with Crippen LogP contribution in [0.5, 0.6) is 0 Å². The van der Waals surface area contributed by atoms with E-state index >= 15 is 0 Å². The summed E-state index contributed by atoms with van der Waals surface area (Å²) in [6.45, 7) is 0. The number of benzene rings is 2. The van der Waals surface area contributed by atoms with Gasteiger partial charge in [0.1, 0.15) is 11.6 Å². The second-order valence-electron chi connectivity index (χ2n) is 4.47. The number of carbonyl (C=O) groups excluding carboxylic acids is 1. The zero-order valence-electron chi connectivity index (χ0n) is 11.0.